The van der Waals surface area contributed by atoms with Gasteiger partial charge in [0.1, 0.15) is 5.54 Å². The third kappa shape index (κ3) is 6.37. The lowest BCUT2D eigenvalue weighted by Crippen LogP contribution is -2.55. The number of aromatic nitrogens is 1. The maximum absolute atomic E-state index is 14.1. The number of anilines is 1. The van der Waals surface area contributed by atoms with E-state index in [-0.39, 0.29) is 23.6 Å². The number of rotatable bonds is 8. The molecule has 9 heteroatoms. The number of nitrogens with one attached hydrogen (secondary N) is 2. The Balaban J connectivity index is 1.23. The van der Waals surface area contributed by atoms with Gasteiger partial charge < -0.3 is 26.0 Å². The molecule has 2 heterocycles. The first-order valence-corrected chi connectivity index (χ1v) is 17.4. The number of amides is 3. The van der Waals surface area contributed by atoms with E-state index >= 15 is 0 Å². The minimum Gasteiger partial charge on any atom is -0.478 e. The van der Waals surface area contributed by atoms with Gasteiger partial charge in [-0.15, -0.1) is 0 Å². The van der Waals surface area contributed by atoms with E-state index in [1.807, 2.05) is 24.3 Å². The Morgan fingerprint density at radius 1 is 0.898 bits per heavy atom. The van der Waals surface area contributed by atoms with Gasteiger partial charge in [-0.25, -0.2) is 4.79 Å². The van der Waals surface area contributed by atoms with E-state index in [1.165, 1.54) is 30.9 Å². The smallest absolute Gasteiger partial charge is 0.328 e. The summed E-state index contributed by atoms with van der Waals surface area (Å²) < 4.78 is 2.23. The fourth-order valence-corrected chi connectivity index (χ4v) is 8.24. The highest BCUT2D eigenvalue weighted by atomic mass is 16.4. The maximum atomic E-state index is 14.1. The Bertz CT molecular complexity index is 1960. The Morgan fingerprint density at radius 2 is 1.63 bits per heavy atom. The summed E-state index contributed by atoms with van der Waals surface area (Å²) in [6.45, 7) is 0.435. The van der Waals surface area contributed by atoms with Gasteiger partial charge in [-0.1, -0.05) is 74.6 Å². The number of hydrogen-bond acceptors (Lipinski definition) is 4. The van der Waals surface area contributed by atoms with Gasteiger partial charge in [0.15, 0.2) is 0 Å². The molecule has 2 aliphatic carbocycles. The van der Waals surface area contributed by atoms with Crippen molar-refractivity contribution in [1.29, 1.82) is 0 Å². The molecule has 0 bridgehead atoms. The van der Waals surface area contributed by atoms with E-state index in [2.05, 4.69) is 33.4 Å². The normalized spacial score (nSPS) is 18.8. The molecule has 2 fully saturated rings. The van der Waals surface area contributed by atoms with E-state index in [0.29, 0.717) is 48.5 Å². The summed E-state index contributed by atoms with van der Waals surface area (Å²) in [5.74, 6) is -1.96. The van der Waals surface area contributed by atoms with Gasteiger partial charge in [-0.3, -0.25) is 14.4 Å². The van der Waals surface area contributed by atoms with Crippen molar-refractivity contribution in [2.24, 2.45) is 11.7 Å². The fourth-order valence-electron chi connectivity index (χ4n) is 8.24. The molecule has 0 saturated heterocycles. The van der Waals surface area contributed by atoms with Crippen molar-refractivity contribution >= 4 is 46.4 Å². The topological polar surface area (TPSA) is 144 Å². The number of primary amides is 1. The molecule has 0 radical (unpaired) electrons. The number of nitrogens with two attached hydrogens (primary N) is 1. The van der Waals surface area contributed by atoms with Crippen LogP contribution in [0, 0.1) is 5.92 Å². The SMILES string of the molecule is NC(=O)C1Cc2ccccc2-c2c(C3CCCCC3)c3ccc(C(=O)NC4(C(=O)Nc5ccc(C=CC(=O)O)cc5)CCCC4)cc3n2C1. The highest BCUT2D eigenvalue weighted by Gasteiger charge is 2.43. The second-order valence-electron chi connectivity index (χ2n) is 13.9. The first kappa shape index (κ1) is 32.4. The number of carbonyl (C=O) groups excluding carboxylic acids is 3. The van der Waals surface area contributed by atoms with E-state index in [4.69, 9.17) is 10.8 Å². The van der Waals surface area contributed by atoms with Crippen molar-refractivity contribution in [1.82, 2.24) is 9.88 Å². The third-order valence-corrected chi connectivity index (χ3v) is 10.8. The lowest BCUT2D eigenvalue weighted by Gasteiger charge is -2.29. The van der Waals surface area contributed by atoms with Crippen LogP contribution in [0.3, 0.4) is 0 Å². The van der Waals surface area contributed by atoms with Crippen LogP contribution in [0.15, 0.2) is 72.8 Å². The van der Waals surface area contributed by atoms with Gasteiger partial charge in [-0.2, -0.15) is 0 Å². The Hall–Kier alpha value is -5.18. The van der Waals surface area contributed by atoms with E-state index in [0.717, 1.165) is 59.5 Å². The molecule has 7 rings (SSSR count). The second kappa shape index (κ2) is 13.4. The molecule has 3 aliphatic rings. The molecule has 1 unspecified atom stereocenters. The Labute approximate surface area is 285 Å². The minimum atomic E-state index is -1.06. The zero-order chi connectivity index (χ0) is 34.1. The first-order chi connectivity index (χ1) is 23.7. The van der Waals surface area contributed by atoms with Crippen LogP contribution in [0.1, 0.15) is 90.8 Å². The molecule has 5 N–H and O–H groups in total. The number of nitrogens with zero attached hydrogens (tertiary/aromatic N) is 1. The largest absolute Gasteiger partial charge is 0.478 e. The molecule has 1 aromatic heterocycles. The van der Waals surface area contributed by atoms with Crippen molar-refractivity contribution in [2.75, 3.05) is 5.32 Å². The molecule has 3 amide bonds. The van der Waals surface area contributed by atoms with Gasteiger partial charge in [0, 0.05) is 40.3 Å². The van der Waals surface area contributed by atoms with E-state index < -0.39 is 11.5 Å². The summed E-state index contributed by atoms with van der Waals surface area (Å²) in [5, 5.41) is 16.1. The molecule has 1 aliphatic heterocycles. The van der Waals surface area contributed by atoms with Crippen LogP contribution in [-0.2, 0) is 27.3 Å². The van der Waals surface area contributed by atoms with E-state index in [1.54, 1.807) is 24.3 Å². The number of aliphatic carboxylic acids is 1. The summed E-state index contributed by atoms with van der Waals surface area (Å²) in [4.78, 5) is 51.4. The third-order valence-electron chi connectivity index (χ3n) is 10.8. The Kier molecular flexibility index (Phi) is 8.84. The fraction of sp³-hybridized carbons (Fsp3) is 0.350. The first-order valence-electron chi connectivity index (χ1n) is 17.4. The van der Waals surface area contributed by atoms with Gasteiger partial charge in [0.25, 0.3) is 5.91 Å². The van der Waals surface area contributed by atoms with Gasteiger partial charge in [0.05, 0.1) is 11.6 Å². The van der Waals surface area contributed by atoms with Crippen LogP contribution in [0.25, 0.3) is 28.2 Å². The quantitative estimate of drug-likeness (QED) is 0.154. The molecule has 49 heavy (non-hydrogen) atoms. The highest BCUT2D eigenvalue weighted by Crippen LogP contribution is 2.46. The molecule has 9 nitrogen and oxygen atoms in total. The minimum absolute atomic E-state index is 0.273. The average molecular weight is 659 g/mol. The van der Waals surface area contributed by atoms with Crippen molar-refractivity contribution in [3.63, 3.8) is 0 Å². The predicted octanol–water partition coefficient (Wildman–Crippen LogP) is 6.79. The highest BCUT2D eigenvalue weighted by molar-refractivity contribution is 6.06. The molecule has 252 valence electrons. The van der Waals surface area contributed by atoms with Gasteiger partial charge >= 0.3 is 5.97 Å². The number of hydrogen-bond donors (Lipinski definition) is 4. The predicted molar refractivity (Wildman–Crippen MR) is 190 cm³/mol. The number of fused-ring (bicyclic) bond motifs is 5. The van der Waals surface area contributed by atoms with Crippen molar-refractivity contribution in [2.45, 2.75) is 82.2 Å². The van der Waals surface area contributed by atoms with Gasteiger partial charge in [0.2, 0.25) is 11.8 Å². The summed E-state index contributed by atoms with van der Waals surface area (Å²) in [5.41, 5.74) is 12.2. The van der Waals surface area contributed by atoms with Crippen molar-refractivity contribution < 1.29 is 24.3 Å². The Morgan fingerprint density at radius 3 is 2.35 bits per heavy atom. The van der Waals surface area contributed by atoms with Crippen molar-refractivity contribution in [3.05, 3.63) is 95.1 Å². The number of carboxylic acids is 1. The molecule has 0 spiro atoms. The molecule has 3 aromatic carbocycles. The molecule has 4 aromatic rings. The van der Waals surface area contributed by atoms with Crippen LogP contribution in [0.2, 0.25) is 0 Å². The van der Waals surface area contributed by atoms with Crippen LogP contribution in [0.5, 0.6) is 0 Å². The van der Waals surface area contributed by atoms with Crippen LogP contribution < -0.4 is 16.4 Å². The van der Waals surface area contributed by atoms with E-state index in [9.17, 15) is 19.2 Å². The zero-order valence-electron chi connectivity index (χ0n) is 27.5. The second-order valence-corrected chi connectivity index (χ2v) is 13.9. The average Bonchev–Trinajstić information content (AvgIpc) is 3.66. The lowest BCUT2D eigenvalue weighted by atomic mass is 9.81. The van der Waals surface area contributed by atoms with Gasteiger partial charge in [-0.05, 0) is 85.1 Å². The lowest BCUT2D eigenvalue weighted by molar-refractivity contribution is -0.131. The monoisotopic (exact) mass is 658 g/mol. The summed E-state index contributed by atoms with van der Waals surface area (Å²) >= 11 is 0. The summed E-state index contributed by atoms with van der Waals surface area (Å²) in [7, 11) is 0. The number of carbonyl (C=O) groups is 4. The maximum Gasteiger partial charge on any atom is 0.328 e. The number of benzene rings is 3. The van der Waals surface area contributed by atoms with Crippen LogP contribution >= 0.6 is 0 Å². The standard InChI is InChI=1S/C40H42N4O5/c41-37(47)29-22-27-10-4-5-11-31(27)36-35(26-8-2-1-3-9-26)32-18-15-28(23-33(32)44(36)24-29)38(48)43-40(20-6-7-21-40)39(49)42-30-16-12-25(13-17-30)14-19-34(45)46/h4-5,10-19,23,26,29H,1-3,6-9,20-22,24H2,(H2,41,47)(H,42,49)(H,43,48)(H,45,46). The molecular formula is C40H42N4O5. The summed E-state index contributed by atoms with van der Waals surface area (Å²) in [6, 6.07) is 21.1. The molecule has 2 saturated carbocycles. The number of carboxylic acid groups (broad SMARTS) is 1. The summed E-state index contributed by atoms with van der Waals surface area (Å²) in [6.07, 6.45) is 11.6. The van der Waals surface area contributed by atoms with Crippen LogP contribution in [-0.4, -0.2) is 38.9 Å². The van der Waals surface area contributed by atoms with Crippen LogP contribution in [0.4, 0.5) is 5.69 Å². The zero-order valence-corrected chi connectivity index (χ0v) is 27.5. The molecule has 1 atom stereocenters. The van der Waals surface area contributed by atoms with Crippen molar-refractivity contribution in [3.8, 4) is 11.3 Å². The molecular weight excluding hydrogens is 616 g/mol.